The number of ether oxygens (including phenoxy) is 1. The Hall–Kier alpha value is -2.78. The number of aryl methyl sites for hydroxylation is 4. The maximum atomic E-state index is 7.19. The van der Waals surface area contributed by atoms with Crippen LogP contribution in [0.3, 0.4) is 0 Å². The molecule has 2 aliphatic heterocycles. The van der Waals surface area contributed by atoms with Gasteiger partial charge in [-0.3, -0.25) is 0 Å². The predicted octanol–water partition coefficient (Wildman–Crippen LogP) is 5.93. The molecule has 4 atom stereocenters. The Kier molecular flexibility index (Phi) is 3.21. The third-order valence-electron chi connectivity index (χ3n) is 11.2. The Balaban J connectivity index is 1.43. The molecule has 3 aromatic carbocycles. The van der Waals surface area contributed by atoms with Crippen molar-refractivity contribution in [2.75, 3.05) is 13.6 Å². The van der Waals surface area contributed by atoms with Crippen molar-refractivity contribution in [1.82, 2.24) is 9.47 Å². The molecule has 0 radical (unpaired) electrons. The summed E-state index contributed by atoms with van der Waals surface area (Å²) in [7, 11) is 4.68. The van der Waals surface area contributed by atoms with Gasteiger partial charge in [0.2, 0.25) is 0 Å². The van der Waals surface area contributed by atoms with Crippen LogP contribution in [0.1, 0.15) is 58.5 Å². The highest BCUT2D eigenvalue weighted by Crippen LogP contribution is 2.71. The van der Waals surface area contributed by atoms with Gasteiger partial charge in [0, 0.05) is 34.8 Å². The van der Waals surface area contributed by atoms with Crippen LogP contribution in [0, 0.1) is 12.3 Å². The smallest absolute Gasteiger partial charge is 0.149 e. The summed E-state index contributed by atoms with van der Waals surface area (Å²) in [5, 5.41) is 4.46. The third-order valence-corrected chi connectivity index (χ3v) is 11.2. The number of likely N-dealkylation sites (N-methyl/N-ethyl adjacent to an activating group) is 1. The molecule has 9 rings (SSSR count). The SMILES string of the molecule is Cc1ccc2c3c1O[C@H]1c4c(c5cc6c7c(cccc7c5n4C)CC6)C[C@@]4(C)[C@@H](C2)N(C)CC[C@]314. The molecule has 0 saturated carbocycles. The summed E-state index contributed by atoms with van der Waals surface area (Å²) < 4.78 is 9.74. The zero-order valence-corrected chi connectivity index (χ0v) is 21.2. The van der Waals surface area contributed by atoms with Gasteiger partial charge < -0.3 is 14.2 Å². The Morgan fingerprint density at radius 1 is 1.00 bits per heavy atom. The second-order valence-corrected chi connectivity index (χ2v) is 12.5. The minimum atomic E-state index is 0.0646. The standard InChI is InChI=1S/C32H32N2O/c1-17-8-9-20-15-24-31(2)16-23-22-14-19-11-10-18-6-5-7-21(25(18)19)27(22)34(4)28(23)30-32(31,12-13-33(24)3)26(20)29(17)35-30/h5-9,14,24,30H,10-13,15-16H2,1-4H3/t24-,30+,31+,32+/m1/s1. The molecule has 4 aromatic rings. The highest BCUT2D eigenvalue weighted by atomic mass is 16.5. The molecule has 1 saturated heterocycles. The summed E-state index contributed by atoms with van der Waals surface area (Å²) in [6, 6.07) is 14.8. The fourth-order valence-electron chi connectivity index (χ4n) is 9.71. The fraction of sp³-hybridized carbons (Fsp3) is 0.438. The highest BCUT2D eigenvalue weighted by molar-refractivity contribution is 6.11. The highest BCUT2D eigenvalue weighted by Gasteiger charge is 2.70. The molecule has 3 aliphatic carbocycles. The van der Waals surface area contributed by atoms with E-state index in [1.165, 1.54) is 69.1 Å². The van der Waals surface area contributed by atoms with Gasteiger partial charge in [0.15, 0.2) is 0 Å². The minimum Gasteiger partial charge on any atom is -0.483 e. The molecule has 2 bridgehead atoms. The molecule has 3 nitrogen and oxygen atoms in total. The van der Waals surface area contributed by atoms with Crippen molar-refractivity contribution in [3.63, 3.8) is 0 Å². The first-order chi connectivity index (χ1) is 16.9. The Morgan fingerprint density at radius 3 is 2.74 bits per heavy atom. The van der Waals surface area contributed by atoms with Crippen molar-refractivity contribution < 1.29 is 4.74 Å². The van der Waals surface area contributed by atoms with Crippen LogP contribution in [0.4, 0.5) is 0 Å². The van der Waals surface area contributed by atoms with E-state index in [1.54, 1.807) is 16.7 Å². The lowest BCUT2D eigenvalue weighted by Gasteiger charge is -2.64. The molecule has 1 fully saturated rings. The summed E-state index contributed by atoms with van der Waals surface area (Å²) in [6.45, 7) is 6.02. The molecule has 0 N–H and O–H groups in total. The average Bonchev–Trinajstić information content (AvgIpc) is 3.49. The van der Waals surface area contributed by atoms with Crippen LogP contribution in [0.25, 0.3) is 21.7 Å². The maximum absolute atomic E-state index is 7.19. The van der Waals surface area contributed by atoms with Crippen LogP contribution in [-0.4, -0.2) is 29.1 Å². The summed E-state index contributed by atoms with van der Waals surface area (Å²) >= 11 is 0. The van der Waals surface area contributed by atoms with Crippen LogP contribution in [0.15, 0.2) is 36.4 Å². The number of hydrogen-bond acceptors (Lipinski definition) is 2. The van der Waals surface area contributed by atoms with E-state index in [1.807, 2.05) is 0 Å². The van der Waals surface area contributed by atoms with Crippen molar-refractivity contribution in [2.24, 2.45) is 12.5 Å². The van der Waals surface area contributed by atoms with Crippen molar-refractivity contribution in [2.45, 2.75) is 63.5 Å². The van der Waals surface area contributed by atoms with Gasteiger partial charge >= 0.3 is 0 Å². The van der Waals surface area contributed by atoms with Gasteiger partial charge in [-0.25, -0.2) is 0 Å². The van der Waals surface area contributed by atoms with E-state index in [0.29, 0.717) is 6.04 Å². The van der Waals surface area contributed by atoms with Gasteiger partial charge in [-0.15, -0.1) is 0 Å². The number of benzene rings is 3. The topological polar surface area (TPSA) is 17.4 Å². The van der Waals surface area contributed by atoms with Crippen molar-refractivity contribution in [3.05, 3.63) is 75.5 Å². The van der Waals surface area contributed by atoms with Crippen LogP contribution < -0.4 is 4.74 Å². The van der Waals surface area contributed by atoms with Crippen molar-refractivity contribution >= 4 is 21.7 Å². The monoisotopic (exact) mass is 460 g/mol. The number of piperidine rings is 1. The molecule has 176 valence electrons. The Bertz CT molecular complexity index is 1660. The number of aromatic nitrogens is 1. The van der Waals surface area contributed by atoms with E-state index in [9.17, 15) is 0 Å². The molecule has 1 spiro atoms. The number of nitrogens with zero attached hydrogens (tertiary/aromatic N) is 2. The first-order valence-electron chi connectivity index (χ1n) is 13.5. The third kappa shape index (κ3) is 1.88. The lowest BCUT2D eigenvalue weighted by molar-refractivity contribution is -0.0912. The molecule has 0 unspecified atom stereocenters. The minimum absolute atomic E-state index is 0.0646. The van der Waals surface area contributed by atoms with E-state index >= 15 is 0 Å². The summed E-state index contributed by atoms with van der Waals surface area (Å²) in [5.74, 6) is 1.20. The molecular weight excluding hydrogens is 428 g/mol. The molecule has 1 aromatic heterocycles. The van der Waals surface area contributed by atoms with E-state index in [4.69, 9.17) is 4.74 Å². The van der Waals surface area contributed by atoms with Crippen molar-refractivity contribution in [1.29, 1.82) is 0 Å². The van der Waals surface area contributed by atoms with Gasteiger partial charge in [-0.2, -0.15) is 0 Å². The molecule has 0 amide bonds. The normalized spacial score (nSPS) is 31.7. The number of fused-ring (bicyclic) bond motifs is 5. The van der Waals surface area contributed by atoms with Crippen molar-refractivity contribution in [3.8, 4) is 5.75 Å². The zero-order valence-electron chi connectivity index (χ0n) is 21.2. The van der Waals surface area contributed by atoms with Crippen LogP contribution in [0.5, 0.6) is 5.75 Å². The lowest BCUT2D eigenvalue weighted by atomic mass is 9.44. The molecule has 5 aliphatic rings. The van der Waals surface area contributed by atoms with E-state index in [2.05, 4.69) is 73.8 Å². The summed E-state index contributed by atoms with van der Waals surface area (Å²) in [5.41, 5.74) is 12.2. The molecule has 3 heteroatoms. The van der Waals surface area contributed by atoms with Gasteiger partial charge in [0.1, 0.15) is 11.9 Å². The molecular formula is C32H32N2O. The summed E-state index contributed by atoms with van der Waals surface area (Å²) in [4.78, 5) is 2.67. The van der Waals surface area contributed by atoms with E-state index in [-0.39, 0.29) is 16.9 Å². The maximum Gasteiger partial charge on any atom is 0.149 e. The lowest BCUT2D eigenvalue weighted by Crippen LogP contribution is -2.68. The number of rotatable bonds is 0. The average molecular weight is 461 g/mol. The second-order valence-electron chi connectivity index (χ2n) is 12.5. The van der Waals surface area contributed by atoms with Gasteiger partial charge in [0.25, 0.3) is 0 Å². The first-order valence-corrected chi connectivity index (χ1v) is 13.5. The van der Waals surface area contributed by atoms with Crippen LogP contribution >= 0.6 is 0 Å². The van der Waals surface area contributed by atoms with Gasteiger partial charge in [-0.05, 0) is 91.9 Å². The quantitative estimate of drug-likeness (QED) is 0.323. The van der Waals surface area contributed by atoms with Crippen LogP contribution in [0.2, 0.25) is 0 Å². The predicted molar refractivity (Wildman–Crippen MR) is 141 cm³/mol. The largest absolute Gasteiger partial charge is 0.483 e. The Morgan fingerprint density at radius 2 is 1.86 bits per heavy atom. The van der Waals surface area contributed by atoms with Gasteiger partial charge in [-0.1, -0.05) is 37.3 Å². The molecule has 3 heterocycles. The van der Waals surface area contributed by atoms with Crippen LogP contribution in [-0.2, 0) is 38.1 Å². The Labute approximate surface area is 206 Å². The van der Waals surface area contributed by atoms with E-state index < -0.39 is 0 Å². The molecule has 35 heavy (non-hydrogen) atoms. The first kappa shape index (κ1) is 19.4. The van der Waals surface area contributed by atoms with Gasteiger partial charge in [0.05, 0.1) is 16.6 Å². The zero-order chi connectivity index (χ0) is 23.4. The number of likely N-dealkylation sites (tertiary alicyclic amines) is 1. The fourth-order valence-corrected chi connectivity index (χ4v) is 9.71. The second kappa shape index (κ2) is 5.78. The summed E-state index contributed by atoms with van der Waals surface area (Å²) in [6.07, 6.45) is 5.93. The van der Waals surface area contributed by atoms with E-state index in [0.717, 1.165) is 19.4 Å². The number of hydrogen-bond donors (Lipinski definition) is 0.